The van der Waals surface area contributed by atoms with Crippen molar-refractivity contribution < 1.29 is 4.74 Å². The van der Waals surface area contributed by atoms with Gasteiger partial charge in [0, 0.05) is 0 Å². The number of nitrogens with one attached hydrogen (secondary N) is 1. The van der Waals surface area contributed by atoms with Crippen molar-refractivity contribution in [2.24, 2.45) is 5.73 Å². The van der Waals surface area contributed by atoms with Crippen LogP contribution < -0.4 is 21.3 Å². The molecule has 4 heteroatoms. The standard InChI is InChI=1S/C7H9BN2O/c8-4-1-2-6-5(3-4)10-7(9)11-6/h1-3,7,10H,8-9H2. The van der Waals surface area contributed by atoms with Crippen LogP contribution in [0.3, 0.4) is 0 Å². The second kappa shape index (κ2) is 2.17. The van der Waals surface area contributed by atoms with Crippen LogP contribution in [-0.2, 0) is 0 Å². The van der Waals surface area contributed by atoms with Crippen molar-refractivity contribution in [3.8, 4) is 5.75 Å². The number of benzene rings is 1. The first-order chi connectivity index (χ1) is 5.25. The SMILES string of the molecule is Bc1ccc2c(c1)NC(N)O2. The summed E-state index contributed by atoms with van der Waals surface area (Å²) in [5.74, 6) is 0.836. The molecular formula is C7H9BN2O. The predicted octanol–water partition coefficient (Wildman–Crippen LogP) is -1.01. The van der Waals surface area contributed by atoms with Crippen LogP contribution in [0.15, 0.2) is 18.2 Å². The fourth-order valence-corrected chi connectivity index (χ4v) is 1.18. The lowest BCUT2D eigenvalue weighted by Crippen LogP contribution is -2.30. The average molecular weight is 148 g/mol. The van der Waals surface area contributed by atoms with E-state index in [0.29, 0.717) is 0 Å². The van der Waals surface area contributed by atoms with Crippen LogP contribution in [-0.4, -0.2) is 14.2 Å². The van der Waals surface area contributed by atoms with Gasteiger partial charge in [-0.15, -0.1) is 0 Å². The zero-order valence-corrected chi connectivity index (χ0v) is 6.29. The van der Waals surface area contributed by atoms with E-state index in [1.54, 1.807) is 0 Å². The summed E-state index contributed by atoms with van der Waals surface area (Å²) >= 11 is 0. The first-order valence-corrected chi connectivity index (χ1v) is 3.55. The Hall–Kier alpha value is -1.16. The maximum absolute atomic E-state index is 5.50. The smallest absolute Gasteiger partial charge is 0.225 e. The van der Waals surface area contributed by atoms with Crippen molar-refractivity contribution in [2.45, 2.75) is 6.35 Å². The Morgan fingerprint density at radius 2 is 2.36 bits per heavy atom. The maximum atomic E-state index is 5.50. The molecule has 0 fully saturated rings. The predicted molar refractivity (Wildman–Crippen MR) is 46.8 cm³/mol. The quantitative estimate of drug-likeness (QED) is 0.463. The van der Waals surface area contributed by atoms with Crippen LogP contribution in [0.5, 0.6) is 5.75 Å². The molecular weight excluding hydrogens is 139 g/mol. The van der Waals surface area contributed by atoms with Crippen molar-refractivity contribution in [2.75, 3.05) is 5.32 Å². The number of anilines is 1. The molecule has 0 aliphatic carbocycles. The van der Waals surface area contributed by atoms with Crippen LogP contribution in [0.1, 0.15) is 0 Å². The monoisotopic (exact) mass is 148 g/mol. The van der Waals surface area contributed by atoms with Gasteiger partial charge in [-0.05, 0) is 12.1 Å². The molecule has 1 aromatic rings. The zero-order valence-electron chi connectivity index (χ0n) is 6.29. The lowest BCUT2D eigenvalue weighted by atomic mass is 9.96. The second-order valence-corrected chi connectivity index (χ2v) is 2.68. The van der Waals surface area contributed by atoms with Gasteiger partial charge in [0.05, 0.1) is 5.69 Å². The molecule has 0 aromatic heterocycles. The van der Waals surface area contributed by atoms with Gasteiger partial charge in [-0.3, -0.25) is 5.73 Å². The van der Waals surface area contributed by atoms with Gasteiger partial charge in [-0.2, -0.15) is 0 Å². The number of rotatable bonds is 0. The molecule has 2 rings (SSSR count). The highest BCUT2D eigenvalue weighted by molar-refractivity contribution is 6.32. The van der Waals surface area contributed by atoms with Crippen molar-refractivity contribution in [1.29, 1.82) is 0 Å². The van der Waals surface area contributed by atoms with Gasteiger partial charge < -0.3 is 10.1 Å². The van der Waals surface area contributed by atoms with Crippen molar-refractivity contribution in [3.05, 3.63) is 18.2 Å². The Kier molecular flexibility index (Phi) is 1.29. The summed E-state index contributed by atoms with van der Waals surface area (Å²) < 4.78 is 5.23. The third kappa shape index (κ3) is 1.05. The van der Waals surface area contributed by atoms with Gasteiger partial charge >= 0.3 is 0 Å². The lowest BCUT2D eigenvalue weighted by Gasteiger charge is -2.00. The molecule has 0 saturated heterocycles. The molecule has 1 aliphatic rings. The molecule has 0 radical (unpaired) electrons. The molecule has 56 valence electrons. The minimum Gasteiger partial charge on any atom is -0.456 e. The zero-order chi connectivity index (χ0) is 7.84. The van der Waals surface area contributed by atoms with Crippen LogP contribution in [0.4, 0.5) is 5.69 Å². The van der Waals surface area contributed by atoms with Crippen LogP contribution in [0.25, 0.3) is 0 Å². The third-order valence-corrected chi connectivity index (χ3v) is 1.69. The average Bonchev–Trinajstić information content (AvgIpc) is 2.27. The number of ether oxygens (including phenoxy) is 1. The van der Waals surface area contributed by atoms with Crippen molar-refractivity contribution in [3.63, 3.8) is 0 Å². The Balaban J connectivity index is 2.43. The van der Waals surface area contributed by atoms with Crippen LogP contribution >= 0.6 is 0 Å². The lowest BCUT2D eigenvalue weighted by molar-refractivity contribution is 0.262. The van der Waals surface area contributed by atoms with Gasteiger partial charge in [0.25, 0.3) is 0 Å². The highest BCUT2D eigenvalue weighted by Gasteiger charge is 2.16. The summed E-state index contributed by atoms with van der Waals surface area (Å²) in [6.45, 7) is 0. The summed E-state index contributed by atoms with van der Waals surface area (Å²) in [5.41, 5.74) is 7.69. The Bertz CT molecular complexity index is 290. The second-order valence-electron chi connectivity index (χ2n) is 2.68. The van der Waals surface area contributed by atoms with E-state index in [9.17, 15) is 0 Å². The molecule has 1 aromatic carbocycles. The van der Waals surface area contributed by atoms with Crippen LogP contribution in [0, 0.1) is 0 Å². The normalized spacial score (nSPS) is 20.3. The number of hydrogen-bond acceptors (Lipinski definition) is 3. The fraction of sp³-hybridized carbons (Fsp3) is 0.143. The van der Waals surface area contributed by atoms with E-state index in [-0.39, 0.29) is 6.35 Å². The van der Waals surface area contributed by atoms with Crippen molar-refractivity contribution >= 4 is 19.0 Å². The van der Waals surface area contributed by atoms with E-state index in [2.05, 4.69) is 5.32 Å². The van der Waals surface area contributed by atoms with E-state index in [4.69, 9.17) is 10.5 Å². The van der Waals surface area contributed by atoms with Gasteiger partial charge in [-0.25, -0.2) is 0 Å². The maximum Gasteiger partial charge on any atom is 0.225 e. The van der Waals surface area contributed by atoms with Gasteiger partial charge in [0.15, 0.2) is 0 Å². The Morgan fingerprint density at radius 1 is 1.55 bits per heavy atom. The number of nitrogens with two attached hydrogens (primary N) is 1. The third-order valence-electron chi connectivity index (χ3n) is 1.69. The summed E-state index contributed by atoms with van der Waals surface area (Å²) in [7, 11) is 2.03. The summed E-state index contributed by atoms with van der Waals surface area (Å²) in [4.78, 5) is 0. The molecule has 0 spiro atoms. The summed E-state index contributed by atoms with van der Waals surface area (Å²) in [6, 6.07) is 5.94. The largest absolute Gasteiger partial charge is 0.456 e. The Morgan fingerprint density at radius 3 is 3.18 bits per heavy atom. The highest BCUT2D eigenvalue weighted by Crippen LogP contribution is 2.28. The van der Waals surface area contributed by atoms with Crippen LogP contribution in [0.2, 0.25) is 0 Å². The summed E-state index contributed by atoms with van der Waals surface area (Å²) in [6.07, 6.45) is -0.383. The fourth-order valence-electron chi connectivity index (χ4n) is 1.18. The van der Waals surface area contributed by atoms with Crippen molar-refractivity contribution in [1.82, 2.24) is 0 Å². The van der Waals surface area contributed by atoms with Gasteiger partial charge in [0.2, 0.25) is 6.35 Å². The Labute approximate surface area is 65.9 Å². The molecule has 3 N–H and O–H groups in total. The topological polar surface area (TPSA) is 47.3 Å². The van der Waals surface area contributed by atoms with E-state index >= 15 is 0 Å². The first kappa shape index (κ1) is 6.55. The summed E-state index contributed by atoms with van der Waals surface area (Å²) in [5, 5.41) is 2.99. The highest BCUT2D eigenvalue weighted by atomic mass is 16.5. The first-order valence-electron chi connectivity index (χ1n) is 3.55. The minimum absolute atomic E-state index is 0.383. The molecule has 3 nitrogen and oxygen atoms in total. The van der Waals surface area contributed by atoms with E-state index in [1.165, 1.54) is 5.46 Å². The molecule has 1 aliphatic heterocycles. The number of fused-ring (bicyclic) bond motifs is 1. The molecule has 0 saturated carbocycles. The van der Waals surface area contributed by atoms with E-state index in [1.807, 2.05) is 26.0 Å². The molecule has 0 amide bonds. The molecule has 0 bridgehead atoms. The van der Waals surface area contributed by atoms with Gasteiger partial charge in [0.1, 0.15) is 13.6 Å². The minimum atomic E-state index is -0.383. The molecule has 1 heterocycles. The number of hydrogen-bond donors (Lipinski definition) is 2. The van der Waals surface area contributed by atoms with E-state index in [0.717, 1.165) is 11.4 Å². The molecule has 1 atom stereocenters. The molecule has 11 heavy (non-hydrogen) atoms. The molecule has 1 unspecified atom stereocenters. The van der Waals surface area contributed by atoms with E-state index < -0.39 is 0 Å². The van der Waals surface area contributed by atoms with Gasteiger partial charge in [-0.1, -0.05) is 11.5 Å².